The zero-order valence-electron chi connectivity index (χ0n) is 14.2. The maximum atomic E-state index is 12.5. The van der Waals surface area contributed by atoms with Crippen molar-refractivity contribution in [2.75, 3.05) is 0 Å². The minimum Gasteiger partial charge on any atom is -0.488 e. The molecule has 1 N–H and O–H groups in total. The number of hydrogen-bond donors (Lipinski definition) is 1. The Hall–Kier alpha value is -2.82. The van der Waals surface area contributed by atoms with Crippen LogP contribution in [0.25, 0.3) is 0 Å². The Balaban J connectivity index is 1.69. The van der Waals surface area contributed by atoms with Crippen LogP contribution >= 0.6 is 23.2 Å². The van der Waals surface area contributed by atoms with E-state index in [-0.39, 0.29) is 0 Å². The third-order valence-electron chi connectivity index (χ3n) is 3.73. The largest absolute Gasteiger partial charge is 0.488 e. The lowest BCUT2D eigenvalue weighted by molar-refractivity contribution is 0.0950. The number of hydrogen-bond acceptors (Lipinski definition) is 3. The summed E-state index contributed by atoms with van der Waals surface area (Å²) in [4.78, 5) is 12.5. The van der Waals surface area contributed by atoms with E-state index < -0.39 is 5.91 Å². The molecule has 0 aliphatic carbocycles. The number of nitrogens with one attached hydrogen (secondary N) is 1. The van der Waals surface area contributed by atoms with E-state index >= 15 is 0 Å². The van der Waals surface area contributed by atoms with Crippen LogP contribution in [0.15, 0.2) is 77.9 Å². The molecule has 0 aliphatic rings. The van der Waals surface area contributed by atoms with E-state index in [1.165, 1.54) is 6.21 Å². The molecule has 0 fully saturated rings. The first-order valence-electron chi connectivity index (χ1n) is 8.18. The Labute approximate surface area is 167 Å². The van der Waals surface area contributed by atoms with Gasteiger partial charge in [-0.3, -0.25) is 4.79 Å². The van der Waals surface area contributed by atoms with Crippen LogP contribution in [0.3, 0.4) is 0 Å². The van der Waals surface area contributed by atoms with Crippen LogP contribution in [0.1, 0.15) is 21.5 Å². The van der Waals surface area contributed by atoms with Gasteiger partial charge in [-0.1, -0.05) is 71.7 Å². The molecule has 6 heteroatoms. The van der Waals surface area contributed by atoms with Gasteiger partial charge in [0.05, 0.1) is 21.8 Å². The van der Waals surface area contributed by atoms with Crippen molar-refractivity contribution in [3.63, 3.8) is 0 Å². The Bertz CT molecular complexity index is 939. The molecule has 1 amide bonds. The fraction of sp³-hybridized carbons (Fsp3) is 0.0476. The summed E-state index contributed by atoms with van der Waals surface area (Å²) in [6, 6.07) is 21.9. The van der Waals surface area contributed by atoms with Crippen molar-refractivity contribution in [1.29, 1.82) is 0 Å². The zero-order valence-corrected chi connectivity index (χ0v) is 15.7. The summed E-state index contributed by atoms with van der Waals surface area (Å²) in [6.45, 7) is 0.365. The Morgan fingerprint density at radius 1 is 0.926 bits per heavy atom. The van der Waals surface area contributed by atoms with Crippen LogP contribution in [-0.4, -0.2) is 12.1 Å². The van der Waals surface area contributed by atoms with Crippen molar-refractivity contribution in [2.24, 2.45) is 5.10 Å². The molecule has 0 unspecified atom stereocenters. The number of amides is 1. The Kier molecular flexibility index (Phi) is 6.47. The molecule has 0 aromatic heterocycles. The van der Waals surface area contributed by atoms with Gasteiger partial charge in [-0.05, 0) is 29.8 Å². The highest BCUT2D eigenvalue weighted by molar-refractivity contribution is 6.38. The van der Waals surface area contributed by atoms with Gasteiger partial charge < -0.3 is 4.74 Å². The van der Waals surface area contributed by atoms with E-state index in [0.29, 0.717) is 33.5 Å². The normalized spacial score (nSPS) is 10.7. The fourth-order valence-electron chi connectivity index (χ4n) is 2.37. The van der Waals surface area contributed by atoms with E-state index in [0.717, 1.165) is 5.56 Å². The monoisotopic (exact) mass is 398 g/mol. The predicted molar refractivity (Wildman–Crippen MR) is 109 cm³/mol. The molecule has 3 rings (SSSR count). The summed E-state index contributed by atoms with van der Waals surface area (Å²) in [5, 5.41) is 4.85. The molecule has 4 nitrogen and oxygen atoms in total. The maximum Gasteiger partial charge on any atom is 0.275 e. The molecule has 0 bridgehead atoms. The molecule has 3 aromatic carbocycles. The summed E-state index contributed by atoms with van der Waals surface area (Å²) in [5.41, 5.74) is 4.41. The predicted octanol–water partition coefficient (Wildman–Crippen LogP) is 5.34. The standard InChI is InChI=1S/C21H16Cl2N2O2/c22-18-10-6-11-19(23)17(18)13-24-25-21(26)16-9-4-5-12-20(16)27-14-15-7-2-1-3-8-15/h1-13H,14H2,(H,25,26)/b24-13+. The summed E-state index contributed by atoms with van der Waals surface area (Å²) in [6.07, 6.45) is 1.41. The number of carbonyl (C=O) groups is 1. The quantitative estimate of drug-likeness (QED) is 0.450. The number of rotatable bonds is 6. The zero-order chi connectivity index (χ0) is 19.1. The molecule has 0 atom stereocenters. The molecule has 0 radical (unpaired) electrons. The number of hydrazone groups is 1. The number of halogens is 2. The minimum atomic E-state index is -0.391. The second-order valence-corrected chi connectivity index (χ2v) is 6.42. The highest BCUT2D eigenvalue weighted by Gasteiger charge is 2.11. The summed E-state index contributed by atoms with van der Waals surface area (Å²) >= 11 is 12.2. The minimum absolute atomic E-state index is 0.365. The first kappa shape index (κ1) is 19.0. The highest BCUT2D eigenvalue weighted by Crippen LogP contribution is 2.22. The van der Waals surface area contributed by atoms with Crippen LogP contribution < -0.4 is 10.2 Å². The topological polar surface area (TPSA) is 50.7 Å². The van der Waals surface area contributed by atoms with Crippen LogP contribution in [0.4, 0.5) is 0 Å². The van der Waals surface area contributed by atoms with E-state index in [1.54, 1.807) is 36.4 Å². The lowest BCUT2D eigenvalue weighted by Crippen LogP contribution is -2.18. The van der Waals surface area contributed by atoms with Gasteiger partial charge in [0.2, 0.25) is 0 Å². The first-order valence-corrected chi connectivity index (χ1v) is 8.94. The van der Waals surface area contributed by atoms with Crippen LogP contribution in [-0.2, 0) is 6.61 Å². The van der Waals surface area contributed by atoms with E-state index in [9.17, 15) is 4.79 Å². The molecule has 27 heavy (non-hydrogen) atoms. The lowest BCUT2D eigenvalue weighted by Gasteiger charge is -2.10. The smallest absolute Gasteiger partial charge is 0.275 e. The van der Waals surface area contributed by atoms with Crippen molar-refractivity contribution < 1.29 is 9.53 Å². The van der Waals surface area contributed by atoms with E-state index in [1.807, 2.05) is 36.4 Å². The van der Waals surface area contributed by atoms with Crippen molar-refractivity contribution in [1.82, 2.24) is 5.43 Å². The Morgan fingerprint density at radius 2 is 1.59 bits per heavy atom. The molecule has 0 spiro atoms. The maximum absolute atomic E-state index is 12.5. The highest BCUT2D eigenvalue weighted by atomic mass is 35.5. The second-order valence-electron chi connectivity index (χ2n) is 5.60. The van der Waals surface area contributed by atoms with Gasteiger partial charge in [0.15, 0.2) is 0 Å². The van der Waals surface area contributed by atoms with E-state index in [2.05, 4.69) is 10.5 Å². The first-order chi connectivity index (χ1) is 13.1. The third-order valence-corrected chi connectivity index (χ3v) is 4.39. The fourth-order valence-corrected chi connectivity index (χ4v) is 2.86. The molecule has 0 heterocycles. The van der Waals surface area contributed by atoms with Gasteiger partial charge in [-0.2, -0.15) is 5.10 Å². The average molecular weight is 399 g/mol. The van der Waals surface area contributed by atoms with Crippen molar-refractivity contribution in [3.05, 3.63) is 99.5 Å². The number of para-hydroxylation sites is 1. The number of benzene rings is 3. The number of carbonyl (C=O) groups excluding carboxylic acids is 1. The third kappa shape index (κ3) is 5.09. The van der Waals surface area contributed by atoms with Crippen LogP contribution in [0.2, 0.25) is 10.0 Å². The summed E-state index contributed by atoms with van der Waals surface area (Å²) in [7, 11) is 0. The second kappa shape index (κ2) is 9.21. The van der Waals surface area contributed by atoms with Crippen molar-refractivity contribution in [3.8, 4) is 5.75 Å². The number of ether oxygens (including phenoxy) is 1. The summed E-state index contributed by atoms with van der Waals surface area (Å²) < 4.78 is 5.79. The van der Waals surface area contributed by atoms with Crippen molar-refractivity contribution >= 4 is 35.3 Å². The molecule has 136 valence electrons. The molecule has 0 saturated heterocycles. The van der Waals surface area contributed by atoms with Gasteiger partial charge in [0.25, 0.3) is 5.91 Å². The molecular formula is C21H16Cl2N2O2. The molecule has 0 saturated carbocycles. The van der Waals surface area contributed by atoms with Gasteiger partial charge >= 0.3 is 0 Å². The number of nitrogens with zero attached hydrogens (tertiary/aromatic N) is 1. The van der Waals surface area contributed by atoms with Crippen LogP contribution in [0.5, 0.6) is 5.75 Å². The Morgan fingerprint density at radius 3 is 2.33 bits per heavy atom. The average Bonchev–Trinajstić information content (AvgIpc) is 2.69. The van der Waals surface area contributed by atoms with Crippen LogP contribution in [0, 0.1) is 0 Å². The van der Waals surface area contributed by atoms with Gasteiger partial charge in [-0.25, -0.2) is 5.43 Å². The molecule has 0 aliphatic heterocycles. The molecule has 3 aromatic rings. The van der Waals surface area contributed by atoms with Gasteiger partial charge in [-0.15, -0.1) is 0 Å². The molecular weight excluding hydrogens is 383 g/mol. The van der Waals surface area contributed by atoms with Gasteiger partial charge in [0.1, 0.15) is 12.4 Å². The van der Waals surface area contributed by atoms with Crippen molar-refractivity contribution in [2.45, 2.75) is 6.61 Å². The van der Waals surface area contributed by atoms with Gasteiger partial charge in [0, 0.05) is 5.56 Å². The SMILES string of the molecule is O=C(N/N=C/c1c(Cl)cccc1Cl)c1ccccc1OCc1ccccc1. The van der Waals surface area contributed by atoms with E-state index in [4.69, 9.17) is 27.9 Å². The summed E-state index contributed by atoms with van der Waals surface area (Å²) in [5.74, 6) is 0.0860. The lowest BCUT2D eigenvalue weighted by atomic mass is 10.2.